The van der Waals surface area contributed by atoms with Crippen LogP contribution in [0.5, 0.6) is 5.75 Å². The number of benzene rings is 1. The molecule has 1 N–H and O–H groups in total. The van der Waals surface area contributed by atoms with Gasteiger partial charge in [0, 0.05) is 11.1 Å². The molecule has 0 aromatic heterocycles. The molecule has 116 valence electrons. The smallest absolute Gasteiger partial charge is 0.323 e. The van der Waals surface area contributed by atoms with E-state index in [-0.39, 0.29) is 18.6 Å². The monoisotopic (exact) mass is 293 g/mol. The number of hydrogen-bond donors (Lipinski definition) is 1. The number of carbonyl (C=O) groups is 2. The second-order valence-electron chi connectivity index (χ2n) is 6.15. The van der Waals surface area contributed by atoms with Crippen LogP contribution in [0.3, 0.4) is 0 Å². The van der Waals surface area contributed by atoms with Crippen molar-refractivity contribution in [2.45, 2.75) is 46.3 Å². The van der Waals surface area contributed by atoms with E-state index in [1.807, 2.05) is 34.6 Å². The van der Waals surface area contributed by atoms with Gasteiger partial charge in [0.1, 0.15) is 12.3 Å². The third-order valence-electron chi connectivity index (χ3n) is 2.80. The normalized spacial score (nSPS) is 11.3. The number of carbonyl (C=O) groups excluding carboxylic acids is 1. The molecule has 0 aliphatic heterocycles. The highest BCUT2D eigenvalue weighted by Crippen LogP contribution is 2.20. The van der Waals surface area contributed by atoms with E-state index >= 15 is 0 Å². The van der Waals surface area contributed by atoms with Crippen LogP contribution >= 0.6 is 0 Å². The molecule has 0 saturated heterocycles. The third kappa shape index (κ3) is 5.10. The van der Waals surface area contributed by atoms with Crippen LogP contribution in [0.4, 0.5) is 0 Å². The third-order valence-corrected chi connectivity index (χ3v) is 2.80. The van der Waals surface area contributed by atoms with E-state index in [1.165, 1.54) is 4.90 Å². The first-order valence-corrected chi connectivity index (χ1v) is 6.91. The number of amides is 1. The molecule has 0 heterocycles. The highest BCUT2D eigenvalue weighted by molar-refractivity contribution is 5.96. The van der Waals surface area contributed by atoms with Gasteiger partial charge in [-0.05, 0) is 52.8 Å². The molecule has 1 aromatic rings. The van der Waals surface area contributed by atoms with E-state index in [0.717, 1.165) is 0 Å². The zero-order chi connectivity index (χ0) is 16.2. The lowest BCUT2D eigenvalue weighted by Crippen LogP contribution is -2.48. The van der Waals surface area contributed by atoms with Gasteiger partial charge in [0.15, 0.2) is 0 Å². The van der Waals surface area contributed by atoms with Gasteiger partial charge in [-0.1, -0.05) is 6.07 Å². The first-order valence-electron chi connectivity index (χ1n) is 6.91. The Balaban J connectivity index is 3.06. The summed E-state index contributed by atoms with van der Waals surface area (Å²) in [7, 11) is 0. The number of rotatable bonds is 5. The SMILES string of the molecule is CC(C)Oc1cccc(C(=O)N(CC(=O)O)C(C)(C)C)c1. The second-order valence-corrected chi connectivity index (χ2v) is 6.15. The molecule has 0 aliphatic rings. The van der Waals surface area contributed by atoms with Gasteiger partial charge in [-0.25, -0.2) is 0 Å². The number of carboxylic acid groups (broad SMARTS) is 1. The van der Waals surface area contributed by atoms with E-state index in [2.05, 4.69) is 0 Å². The van der Waals surface area contributed by atoms with Crippen LogP contribution in [0.1, 0.15) is 45.0 Å². The van der Waals surface area contributed by atoms with Crippen molar-refractivity contribution in [1.82, 2.24) is 4.90 Å². The molecule has 0 unspecified atom stereocenters. The molecule has 0 saturated carbocycles. The Kier molecular flexibility index (Phi) is 5.35. The molecule has 1 rings (SSSR count). The van der Waals surface area contributed by atoms with Crippen LogP contribution in [-0.4, -0.2) is 40.1 Å². The van der Waals surface area contributed by atoms with Gasteiger partial charge in [0.05, 0.1) is 6.10 Å². The zero-order valence-electron chi connectivity index (χ0n) is 13.2. The van der Waals surface area contributed by atoms with Gasteiger partial charge >= 0.3 is 5.97 Å². The molecular formula is C16H23NO4. The molecule has 1 aromatic carbocycles. The summed E-state index contributed by atoms with van der Waals surface area (Å²) in [6.07, 6.45) is 0.00749. The molecule has 0 radical (unpaired) electrons. The quantitative estimate of drug-likeness (QED) is 0.906. The first kappa shape index (κ1) is 17.0. The van der Waals surface area contributed by atoms with Gasteiger partial charge in [-0.15, -0.1) is 0 Å². The van der Waals surface area contributed by atoms with Crippen LogP contribution in [0, 0.1) is 0 Å². The minimum absolute atomic E-state index is 0.00749. The van der Waals surface area contributed by atoms with Crippen LogP contribution in [0.2, 0.25) is 0 Å². The predicted molar refractivity (Wildman–Crippen MR) is 80.6 cm³/mol. The summed E-state index contributed by atoms with van der Waals surface area (Å²) in [5.41, 5.74) is -0.158. The Labute approximate surface area is 125 Å². The summed E-state index contributed by atoms with van der Waals surface area (Å²) in [5, 5.41) is 9.00. The van der Waals surface area contributed by atoms with Crippen LogP contribution < -0.4 is 4.74 Å². The molecular weight excluding hydrogens is 270 g/mol. The average Bonchev–Trinajstić information content (AvgIpc) is 2.33. The fraction of sp³-hybridized carbons (Fsp3) is 0.500. The maximum absolute atomic E-state index is 12.6. The maximum Gasteiger partial charge on any atom is 0.323 e. The van der Waals surface area contributed by atoms with Gasteiger partial charge in [0.2, 0.25) is 0 Å². The van der Waals surface area contributed by atoms with Crippen molar-refractivity contribution in [3.05, 3.63) is 29.8 Å². The van der Waals surface area contributed by atoms with Crippen molar-refractivity contribution in [2.24, 2.45) is 0 Å². The first-order chi connectivity index (χ1) is 9.61. The van der Waals surface area contributed by atoms with Crippen LogP contribution in [0.25, 0.3) is 0 Å². The number of nitrogens with zero attached hydrogens (tertiary/aromatic N) is 1. The van der Waals surface area contributed by atoms with E-state index in [4.69, 9.17) is 9.84 Å². The second kappa shape index (κ2) is 6.61. The van der Waals surface area contributed by atoms with E-state index in [0.29, 0.717) is 11.3 Å². The summed E-state index contributed by atoms with van der Waals surface area (Å²) in [6, 6.07) is 6.81. The fourth-order valence-electron chi connectivity index (χ4n) is 1.88. The maximum atomic E-state index is 12.6. The summed E-state index contributed by atoms with van der Waals surface area (Å²) < 4.78 is 5.56. The summed E-state index contributed by atoms with van der Waals surface area (Å²) in [5.74, 6) is -0.757. The fourth-order valence-corrected chi connectivity index (χ4v) is 1.88. The molecule has 5 heteroatoms. The summed E-state index contributed by atoms with van der Waals surface area (Å²) in [6.45, 7) is 8.89. The number of carboxylic acids is 1. The van der Waals surface area contributed by atoms with Crippen molar-refractivity contribution in [3.8, 4) is 5.75 Å². The molecule has 0 aliphatic carbocycles. The van der Waals surface area contributed by atoms with Crippen LogP contribution in [-0.2, 0) is 4.79 Å². The van der Waals surface area contributed by atoms with Crippen molar-refractivity contribution in [2.75, 3.05) is 6.54 Å². The van der Waals surface area contributed by atoms with Crippen molar-refractivity contribution >= 4 is 11.9 Å². The topological polar surface area (TPSA) is 66.8 Å². The number of ether oxygens (including phenoxy) is 1. The molecule has 0 fully saturated rings. The Hall–Kier alpha value is -2.04. The lowest BCUT2D eigenvalue weighted by molar-refractivity contribution is -0.138. The van der Waals surface area contributed by atoms with E-state index < -0.39 is 11.5 Å². The van der Waals surface area contributed by atoms with E-state index in [9.17, 15) is 9.59 Å². The van der Waals surface area contributed by atoms with Gasteiger partial charge in [0.25, 0.3) is 5.91 Å². The lowest BCUT2D eigenvalue weighted by Gasteiger charge is -2.34. The molecule has 0 bridgehead atoms. The minimum Gasteiger partial charge on any atom is -0.491 e. The number of aliphatic carboxylic acids is 1. The van der Waals surface area contributed by atoms with Gasteiger partial charge in [-0.2, -0.15) is 0 Å². The molecule has 5 nitrogen and oxygen atoms in total. The standard InChI is InChI=1S/C16H23NO4/c1-11(2)21-13-8-6-7-12(9-13)15(20)17(10-14(18)19)16(3,4)5/h6-9,11H,10H2,1-5H3,(H,18,19). The predicted octanol–water partition coefficient (Wildman–Crippen LogP) is 2.80. The highest BCUT2D eigenvalue weighted by Gasteiger charge is 2.29. The lowest BCUT2D eigenvalue weighted by atomic mass is 10.0. The Morgan fingerprint density at radius 3 is 2.38 bits per heavy atom. The van der Waals surface area contributed by atoms with Gasteiger partial charge in [-0.3, -0.25) is 9.59 Å². The minimum atomic E-state index is -1.03. The molecule has 0 spiro atoms. The van der Waals surface area contributed by atoms with Crippen LogP contribution in [0.15, 0.2) is 24.3 Å². The summed E-state index contributed by atoms with van der Waals surface area (Å²) in [4.78, 5) is 24.9. The van der Waals surface area contributed by atoms with E-state index in [1.54, 1.807) is 24.3 Å². The largest absolute Gasteiger partial charge is 0.491 e. The van der Waals surface area contributed by atoms with Crippen molar-refractivity contribution in [1.29, 1.82) is 0 Å². The Morgan fingerprint density at radius 2 is 1.90 bits per heavy atom. The Bertz CT molecular complexity index is 517. The molecule has 1 amide bonds. The average molecular weight is 293 g/mol. The van der Waals surface area contributed by atoms with Crippen molar-refractivity contribution < 1.29 is 19.4 Å². The van der Waals surface area contributed by atoms with Crippen molar-refractivity contribution in [3.63, 3.8) is 0 Å². The van der Waals surface area contributed by atoms with Gasteiger partial charge < -0.3 is 14.7 Å². The number of hydrogen-bond acceptors (Lipinski definition) is 3. The molecule has 21 heavy (non-hydrogen) atoms. The highest BCUT2D eigenvalue weighted by atomic mass is 16.5. The summed E-state index contributed by atoms with van der Waals surface area (Å²) >= 11 is 0. The Morgan fingerprint density at radius 1 is 1.29 bits per heavy atom. The zero-order valence-corrected chi connectivity index (χ0v) is 13.2. The molecule has 0 atom stereocenters.